The number of hydrogen-bond donors (Lipinski definition) is 0. The Labute approximate surface area is 143 Å². The molecule has 116 valence electrons. The van der Waals surface area contributed by atoms with Crippen molar-refractivity contribution < 1.29 is 0 Å². The summed E-state index contributed by atoms with van der Waals surface area (Å²) in [4.78, 5) is 17.7. The summed E-state index contributed by atoms with van der Waals surface area (Å²) in [5, 5.41) is 1.56. The second kappa shape index (κ2) is 6.06. The van der Waals surface area contributed by atoms with Gasteiger partial charge < -0.3 is 4.57 Å². The van der Waals surface area contributed by atoms with Gasteiger partial charge in [0.2, 0.25) is 0 Å². The van der Waals surface area contributed by atoms with Gasteiger partial charge in [0.15, 0.2) is 5.16 Å². The number of para-hydroxylation sites is 1. The summed E-state index contributed by atoms with van der Waals surface area (Å²) in [5.41, 5.74) is 2.16. The molecule has 1 aliphatic heterocycles. The van der Waals surface area contributed by atoms with E-state index < -0.39 is 0 Å². The van der Waals surface area contributed by atoms with E-state index in [2.05, 4.69) is 40.7 Å². The number of thioether (sulfide) groups is 2. The Hall–Kier alpha value is -1.72. The van der Waals surface area contributed by atoms with Crippen molar-refractivity contribution in [3.8, 4) is 0 Å². The molecule has 0 unspecified atom stereocenters. The number of benzene rings is 2. The van der Waals surface area contributed by atoms with Gasteiger partial charge in [-0.15, -0.1) is 11.8 Å². The Kier molecular flexibility index (Phi) is 3.91. The van der Waals surface area contributed by atoms with E-state index in [9.17, 15) is 4.79 Å². The second-order valence-corrected chi connectivity index (χ2v) is 7.76. The third-order valence-electron chi connectivity index (χ3n) is 4.03. The van der Waals surface area contributed by atoms with E-state index in [4.69, 9.17) is 0 Å². The Bertz CT molecular complexity index is 918. The molecule has 0 N–H and O–H groups in total. The molecule has 0 spiro atoms. The normalized spacial score (nSPS) is 16.7. The van der Waals surface area contributed by atoms with Gasteiger partial charge in [-0.1, -0.05) is 41.6 Å². The molecule has 2 aromatic carbocycles. The highest BCUT2D eigenvalue weighted by Crippen LogP contribution is 2.37. The second-order valence-electron chi connectivity index (χ2n) is 5.68. The van der Waals surface area contributed by atoms with Gasteiger partial charge in [-0.05, 0) is 31.2 Å². The zero-order chi connectivity index (χ0) is 15.8. The van der Waals surface area contributed by atoms with Crippen LogP contribution in [0.3, 0.4) is 0 Å². The van der Waals surface area contributed by atoms with Gasteiger partial charge in [-0.2, -0.15) is 4.98 Å². The zero-order valence-electron chi connectivity index (χ0n) is 12.7. The van der Waals surface area contributed by atoms with Gasteiger partial charge in [-0.25, -0.2) is 0 Å². The van der Waals surface area contributed by atoms with E-state index in [0.29, 0.717) is 11.4 Å². The molecule has 2 heterocycles. The molecule has 5 heteroatoms. The van der Waals surface area contributed by atoms with Crippen LogP contribution in [0.25, 0.3) is 10.9 Å². The molecule has 1 atom stereocenters. The fraction of sp³-hybridized carbons (Fsp3) is 0.222. The van der Waals surface area contributed by atoms with E-state index >= 15 is 0 Å². The average molecular weight is 340 g/mol. The number of rotatable bonds is 3. The summed E-state index contributed by atoms with van der Waals surface area (Å²) < 4.78 is 2.24. The van der Waals surface area contributed by atoms with Crippen LogP contribution in [0.1, 0.15) is 11.6 Å². The third-order valence-corrected chi connectivity index (χ3v) is 6.29. The molecule has 0 saturated heterocycles. The Morgan fingerprint density at radius 2 is 2.00 bits per heavy atom. The summed E-state index contributed by atoms with van der Waals surface area (Å²) >= 11 is 3.54. The number of nitrogens with zero attached hydrogens (tertiary/aromatic N) is 2. The molecule has 1 aliphatic rings. The van der Waals surface area contributed by atoms with Crippen molar-refractivity contribution in [2.75, 3.05) is 11.5 Å². The van der Waals surface area contributed by atoms with Crippen LogP contribution in [0.2, 0.25) is 0 Å². The predicted octanol–water partition coefficient (Wildman–Crippen LogP) is 4.14. The summed E-state index contributed by atoms with van der Waals surface area (Å²) in [6.45, 7) is 2.10. The van der Waals surface area contributed by atoms with Crippen LogP contribution in [-0.2, 0) is 0 Å². The minimum absolute atomic E-state index is 0.119. The lowest BCUT2D eigenvalue weighted by Crippen LogP contribution is -2.17. The van der Waals surface area contributed by atoms with Gasteiger partial charge in [0.05, 0.1) is 16.9 Å². The molecule has 1 aromatic heterocycles. The quantitative estimate of drug-likeness (QED) is 0.530. The van der Waals surface area contributed by atoms with Crippen LogP contribution < -0.4 is 5.56 Å². The lowest BCUT2D eigenvalue weighted by Gasteiger charge is -2.16. The summed E-state index contributed by atoms with van der Waals surface area (Å²) in [5.74, 6) is 1.96. The van der Waals surface area contributed by atoms with E-state index in [-0.39, 0.29) is 5.56 Å². The maximum Gasteiger partial charge on any atom is 0.281 e. The molecule has 0 aliphatic carbocycles. The van der Waals surface area contributed by atoms with Crippen molar-refractivity contribution in [2.24, 2.45) is 0 Å². The largest absolute Gasteiger partial charge is 0.315 e. The van der Waals surface area contributed by atoms with Crippen molar-refractivity contribution in [1.29, 1.82) is 0 Å². The smallest absolute Gasteiger partial charge is 0.281 e. The molecule has 0 amide bonds. The van der Waals surface area contributed by atoms with Crippen LogP contribution in [0, 0.1) is 6.92 Å². The van der Waals surface area contributed by atoms with E-state index in [1.165, 1.54) is 10.5 Å². The molecule has 0 saturated carbocycles. The van der Waals surface area contributed by atoms with Crippen molar-refractivity contribution in [3.63, 3.8) is 0 Å². The molecule has 0 bridgehead atoms. The molecule has 0 fully saturated rings. The Balaban J connectivity index is 1.66. The van der Waals surface area contributed by atoms with Crippen molar-refractivity contribution >= 4 is 34.4 Å². The topological polar surface area (TPSA) is 34.9 Å². The lowest BCUT2D eigenvalue weighted by molar-refractivity contribution is 0.591. The predicted molar refractivity (Wildman–Crippen MR) is 97.7 cm³/mol. The Morgan fingerprint density at radius 3 is 2.83 bits per heavy atom. The van der Waals surface area contributed by atoms with Gasteiger partial charge >= 0.3 is 0 Å². The lowest BCUT2D eigenvalue weighted by atomic mass is 10.2. The van der Waals surface area contributed by atoms with Crippen molar-refractivity contribution in [1.82, 2.24) is 9.55 Å². The fourth-order valence-electron chi connectivity index (χ4n) is 2.82. The molecule has 23 heavy (non-hydrogen) atoms. The van der Waals surface area contributed by atoms with Gasteiger partial charge in [-0.3, -0.25) is 4.79 Å². The van der Waals surface area contributed by atoms with Crippen molar-refractivity contribution in [3.05, 3.63) is 64.4 Å². The average Bonchev–Trinajstić information content (AvgIpc) is 2.98. The standard InChI is InChI=1S/C18H16N2OS2/c1-12-6-8-14(9-7-12)22-10-13-11-23-18-19-17(21)15-4-2-3-5-16(15)20(13)18/h2-9,13H,10-11H2,1H3/t13-/m1/s1. The SMILES string of the molecule is Cc1ccc(SC[C@@H]2CSc3nc(=O)c4ccccc4n32)cc1. The van der Waals surface area contributed by atoms with Crippen LogP contribution in [0.5, 0.6) is 0 Å². The van der Waals surface area contributed by atoms with Crippen LogP contribution in [0.15, 0.2) is 63.4 Å². The highest BCUT2D eigenvalue weighted by atomic mass is 32.2. The summed E-state index contributed by atoms with van der Waals surface area (Å²) in [7, 11) is 0. The van der Waals surface area contributed by atoms with Crippen LogP contribution in [0.4, 0.5) is 0 Å². The summed E-state index contributed by atoms with van der Waals surface area (Å²) in [6.07, 6.45) is 0. The Morgan fingerprint density at radius 1 is 1.22 bits per heavy atom. The maximum absolute atomic E-state index is 12.1. The minimum Gasteiger partial charge on any atom is -0.315 e. The molecular weight excluding hydrogens is 324 g/mol. The van der Waals surface area contributed by atoms with Crippen LogP contribution in [-0.4, -0.2) is 21.1 Å². The van der Waals surface area contributed by atoms with E-state index in [1.54, 1.807) is 11.8 Å². The van der Waals surface area contributed by atoms with Crippen molar-refractivity contribution in [2.45, 2.75) is 23.0 Å². The first kappa shape index (κ1) is 14.8. The summed E-state index contributed by atoms with van der Waals surface area (Å²) in [6, 6.07) is 16.8. The highest BCUT2D eigenvalue weighted by Gasteiger charge is 2.25. The molecule has 4 rings (SSSR count). The van der Waals surface area contributed by atoms with Gasteiger partial charge in [0, 0.05) is 16.4 Å². The van der Waals surface area contributed by atoms with Gasteiger partial charge in [0.25, 0.3) is 5.56 Å². The minimum atomic E-state index is -0.119. The third kappa shape index (κ3) is 2.79. The fourth-order valence-corrected chi connectivity index (χ4v) is 5.09. The first-order valence-electron chi connectivity index (χ1n) is 7.56. The molecule has 3 aromatic rings. The van der Waals surface area contributed by atoms with E-state index in [0.717, 1.165) is 22.2 Å². The molecular formula is C18H16N2OS2. The number of hydrogen-bond acceptors (Lipinski definition) is 4. The molecule has 3 nitrogen and oxygen atoms in total. The monoisotopic (exact) mass is 340 g/mol. The number of fused-ring (bicyclic) bond motifs is 3. The molecule has 0 radical (unpaired) electrons. The highest BCUT2D eigenvalue weighted by molar-refractivity contribution is 8.00. The van der Waals surface area contributed by atoms with Gasteiger partial charge in [0.1, 0.15) is 0 Å². The van der Waals surface area contributed by atoms with Crippen LogP contribution >= 0.6 is 23.5 Å². The first-order chi connectivity index (χ1) is 11.2. The van der Waals surface area contributed by atoms with E-state index in [1.807, 2.05) is 36.0 Å². The number of aromatic nitrogens is 2. The maximum atomic E-state index is 12.1. The first-order valence-corrected chi connectivity index (χ1v) is 9.53. The number of aryl methyl sites for hydroxylation is 1. The zero-order valence-corrected chi connectivity index (χ0v) is 14.4.